The Bertz CT molecular complexity index is 1300. The predicted molar refractivity (Wildman–Crippen MR) is 130 cm³/mol. The fourth-order valence-electron chi connectivity index (χ4n) is 6.37. The second kappa shape index (κ2) is 8.76. The van der Waals surface area contributed by atoms with Gasteiger partial charge in [-0.05, 0) is 38.2 Å². The lowest BCUT2D eigenvalue weighted by Gasteiger charge is -2.42. The maximum atomic E-state index is 13.5. The van der Waals surface area contributed by atoms with E-state index in [1.54, 1.807) is 13.0 Å². The molecule has 1 aromatic carbocycles. The number of allylic oxidation sites excluding steroid dienone is 6. The van der Waals surface area contributed by atoms with Gasteiger partial charge in [0.15, 0.2) is 11.6 Å². The molecule has 4 atom stereocenters. The number of nitrogens with zero attached hydrogens (tertiary/aromatic N) is 1. The van der Waals surface area contributed by atoms with E-state index in [0.717, 1.165) is 5.57 Å². The summed E-state index contributed by atoms with van der Waals surface area (Å²) in [5.74, 6) is -2.73. The highest BCUT2D eigenvalue weighted by atomic mass is 16.5. The fourth-order valence-corrected chi connectivity index (χ4v) is 6.37. The minimum atomic E-state index is -0.788. The standard InChI is InChI=1S/C28H29NO7/c1-5-8-29-27(33)16-7-6-15-17(22(16)28(29)34)12-18-19(30)9-13(2)26(32)24(18)23(15)25-20(31)10-14(35-3)11-21(25)36-4/h6,9-11,16-17,22-23,31H,5,7-8,12H2,1-4H3/t16-,17+,22-,23-/m0/s1. The number of ketones is 2. The molecule has 0 spiro atoms. The number of benzene rings is 1. The minimum Gasteiger partial charge on any atom is -0.507 e. The zero-order chi connectivity index (χ0) is 25.9. The van der Waals surface area contributed by atoms with Gasteiger partial charge in [-0.1, -0.05) is 18.6 Å². The van der Waals surface area contributed by atoms with Crippen LogP contribution in [0.4, 0.5) is 0 Å². The van der Waals surface area contributed by atoms with Crippen LogP contribution in [0.5, 0.6) is 17.2 Å². The predicted octanol–water partition coefficient (Wildman–Crippen LogP) is 3.25. The van der Waals surface area contributed by atoms with Crippen LogP contribution in [0.25, 0.3) is 0 Å². The average molecular weight is 492 g/mol. The van der Waals surface area contributed by atoms with Gasteiger partial charge in [-0.2, -0.15) is 0 Å². The van der Waals surface area contributed by atoms with Crippen LogP contribution in [0.1, 0.15) is 44.6 Å². The Morgan fingerprint density at radius 2 is 1.81 bits per heavy atom. The van der Waals surface area contributed by atoms with E-state index in [1.165, 1.54) is 31.3 Å². The van der Waals surface area contributed by atoms with Crippen LogP contribution in [-0.2, 0) is 19.2 Å². The lowest BCUT2D eigenvalue weighted by molar-refractivity contribution is -0.140. The number of methoxy groups -OCH3 is 2. The van der Waals surface area contributed by atoms with Gasteiger partial charge in [0.1, 0.15) is 17.2 Å². The van der Waals surface area contributed by atoms with E-state index in [9.17, 15) is 24.3 Å². The van der Waals surface area contributed by atoms with Crippen LogP contribution in [0.15, 0.2) is 46.6 Å². The van der Waals surface area contributed by atoms with Gasteiger partial charge in [-0.15, -0.1) is 0 Å². The van der Waals surface area contributed by atoms with Crippen molar-refractivity contribution in [2.24, 2.45) is 17.8 Å². The van der Waals surface area contributed by atoms with Crippen molar-refractivity contribution < 1.29 is 33.8 Å². The zero-order valence-electron chi connectivity index (χ0n) is 20.8. The van der Waals surface area contributed by atoms with E-state index in [-0.39, 0.29) is 35.6 Å². The SMILES string of the molecule is CCCN1C(=O)[C@H]2[C@H](CC=C3[C@H](c4c(O)cc(OC)cc4OC)C4=C(C[C@H]32)C(=O)C=C(C)C4=O)C1=O. The number of phenols is 1. The number of carbonyl (C=O) groups is 4. The number of hydrogen-bond donors (Lipinski definition) is 1. The molecule has 0 aromatic heterocycles. The topological polar surface area (TPSA) is 110 Å². The van der Waals surface area contributed by atoms with E-state index >= 15 is 0 Å². The van der Waals surface area contributed by atoms with Crippen LogP contribution >= 0.6 is 0 Å². The van der Waals surface area contributed by atoms with Crippen LogP contribution in [0.3, 0.4) is 0 Å². The largest absolute Gasteiger partial charge is 0.507 e. The van der Waals surface area contributed by atoms with Crippen LogP contribution in [-0.4, -0.2) is 54.2 Å². The Morgan fingerprint density at radius 3 is 2.47 bits per heavy atom. The summed E-state index contributed by atoms with van der Waals surface area (Å²) in [5, 5.41) is 11.1. The van der Waals surface area contributed by atoms with E-state index < -0.39 is 23.7 Å². The summed E-state index contributed by atoms with van der Waals surface area (Å²) < 4.78 is 10.9. The molecule has 8 nitrogen and oxygen atoms in total. The lowest BCUT2D eigenvalue weighted by Crippen LogP contribution is -2.40. The maximum Gasteiger partial charge on any atom is 0.233 e. The molecule has 5 rings (SSSR count). The van der Waals surface area contributed by atoms with Crippen LogP contribution in [0.2, 0.25) is 0 Å². The third-order valence-corrected chi connectivity index (χ3v) is 7.94. The Labute approximate surface area is 209 Å². The highest BCUT2D eigenvalue weighted by Gasteiger charge is 2.56. The number of phenolic OH excluding ortho intramolecular Hbond substituents is 1. The Morgan fingerprint density at radius 1 is 1.06 bits per heavy atom. The number of Topliss-reactive ketones (excluding diaryl/α,β-unsaturated/α-hetero) is 1. The van der Waals surface area contributed by atoms with Crippen molar-refractivity contribution in [3.8, 4) is 17.2 Å². The summed E-state index contributed by atoms with van der Waals surface area (Å²) in [5.41, 5.74) is 2.08. The molecule has 1 heterocycles. The van der Waals surface area contributed by atoms with Crippen molar-refractivity contribution in [3.63, 3.8) is 0 Å². The molecule has 4 aliphatic rings. The molecular weight excluding hydrogens is 462 g/mol. The van der Waals surface area contributed by atoms with Gasteiger partial charge in [0.05, 0.1) is 26.1 Å². The number of amides is 2. The number of rotatable bonds is 5. The highest BCUT2D eigenvalue weighted by Crippen LogP contribution is 2.57. The highest BCUT2D eigenvalue weighted by molar-refractivity contribution is 6.24. The smallest absolute Gasteiger partial charge is 0.233 e. The summed E-state index contributed by atoms with van der Waals surface area (Å²) in [6.07, 6.45) is 4.48. The molecule has 2 amide bonds. The normalized spacial score (nSPS) is 27.4. The second-order valence-corrected chi connectivity index (χ2v) is 9.82. The quantitative estimate of drug-likeness (QED) is 0.382. The number of aromatic hydroxyl groups is 1. The Kier molecular flexibility index (Phi) is 5.85. The van der Waals surface area contributed by atoms with Gasteiger partial charge in [0.25, 0.3) is 0 Å². The molecule has 0 saturated carbocycles. The van der Waals surface area contributed by atoms with E-state index in [2.05, 4.69) is 0 Å². The molecular formula is C28H29NO7. The molecule has 1 aromatic rings. The van der Waals surface area contributed by atoms with Gasteiger partial charge in [-0.3, -0.25) is 24.1 Å². The van der Waals surface area contributed by atoms with Crippen molar-refractivity contribution in [1.29, 1.82) is 0 Å². The third kappa shape index (κ3) is 3.34. The molecule has 1 N–H and O–H groups in total. The second-order valence-electron chi connectivity index (χ2n) is 9.82. The number of fused-ring (bicyclic) bond motifs is 3. The van der Waals surface area contributed by atoms with Gasteiger partial charge < -0.3 is 14.6 Å². The van der Waals surface area contributed by atoms with Crippen molar-refractivity contribution in [3.05, 3.63) is 52.1 Å². The molecule has 188 valence electrons. The zero-order valence-corrected chi connectivity index (χ0v) is 20.8. The van der Waals surface area contributed by atoms with Crippen molar-refractivity contribution in [2.75, 3.05) is 20.8 Å². The summed E-state index contributed by atoms with van der Waals surface area (Å²) in [6.45, 7) is 3.88. The lowest BCUT2D eigenvalue weighted by atomic mass is 9.59. The van der Waals surface area contributed by atoms with Gasteiger partial charge in [-0.25, -0.2) is 0 Å². The summed E-state index contributed by atoms with van der Waals surface area (Å²) in [7, 11) is 2.93. The molecule has 0 radical (unpaired) electrons. The fraction of sp³-hybridized carbons (Fsp3) is 0.429. The first-order valence-corrected chi connectivity index (χ1v) is 12.2. The maximum absolute atomic E-state index is 13.5. The van der Waals surface area contributed by atoms with E-state index in [0.29, 0.717) is 53.2 Å². The summed E-state index contributed by atoms with van der Waals surface area (Å²) in [4.78, 5) is 54.6. The summed E-state index contributed by atoms with van der Waals surface area (Å²) >= 11 is 0. The van der Waals surface area contributed by atoms with E-state index in [1.807, 2.05) is 13.0 Å². The monoisotopic (exact) mass is 491 g/mol. The van der Waals surface area contributed by atoms with Crippen LogP contribution in [0, 0.1) is 17.8 Å². The Hall–Kier alpha value is -3.68. The number of ether oxygens (including phenoxy) is 2. The number of imide groups is 1. The molecule has 3 aliphatic carbocycles. The third-order valence-electron chi connectivity index (χ3n) is 7.94. The van der Waals surface area contributed by atoms with Gasteiger partial charge in [0.2, 0.25) is 11.8 Å². The first kappa shape index (κ1) is 24.0. The molecule has 1 fully saturated rings. The van der Waals surface area contributed by atoms with Gasteiger partial charge in [0, 0.05) is 46.9 Å². The molecule has 0 unspecified atom stereocenters. The number of likely N-dealkylation sites (tertiary alicyclic amines) is 1. The van der Waals surface area contributed by atoms with Crippen LogP contribution < -0.4 is 9.47 Å². The first-order chi connectivity index (χ1) is 17.2. The van der Waals surface area contributed by atoms with Crippen molar-refractivity contribution in [2.45, 2.75) is 39.0 Å². The summed E-state index contributed by atoms with van der Waals surface area (Å²) in [6, 6.07) is 3.06. The van der Waals surface area contributed by atoms with Crippen molar-refractivity contribution >= 4 is 23.4 Å². The average Bonchev–Trinajstić information content (AvgIpc) is 3.11. The number of hydrogen-bond acceptors (Lipinski definition) is 7. The van der Waals surface area contributed by atoms with Crippen molar-refractivity contribution in [1.82, 2.24) is 4.90 Å². The molecule has 1 saturated heterocycles. The Balaban J connectivity index is 1.73. The molecule has 0 bridgehead atoms. The minimum absolute atomic E-state index is 0.138. The molecule has 8 heteroatoms. The van der Waals surface area contributed by atoms with E-state index in [4.69, 9.17) is 9.47 Å². The molecule has 36 heavy (non-hydrogen) atoms. The first-order valence-electron chi connectivity index (χ1n) is 12.2. The number of carbonyl (C=O) groups excluding carboxylic acids is 4. The van der Waals surface area contributed by atoms with Gasteiger partial charge >= 0.3 is 0 Å². The molecule has 1 aliphatic heterocycles.